The Labute approximate surface area is 201 Å². The van der Waals surface area contributed by atoms with Gasteiger partial charge in [-0.15, -0.1) is 0 Å². The monoisotopic (exact) mass is 490 g/mol. The predicted octanol–water partition coefficient (Wildman–Crippen LogP) is 2.97. The number of amidine groups is 1. The van der Waals surface area contributed by atoms with E-state index in [1.54, 1.807) is 0 Å². The molecule has 5 fully saturated rings. The maximum absolute atomic E-state index is 12.8. The van der Waals surface area contributed by atoms with Crippen molar-refractivity contribution in [3.63, 3.8) is 0 Å². The van der Waals surface area contributed by atoms with Gasteiger partial charge in [-0.25, -0.2) is 4.98 Å². The largest absolute Gasteiger partial charge is 0.481 e. The average Bonchev–Trinajstić information content (AvgIpc) is 2.81. The van der Waals surface area contributed by atoms with Gasteiger partial charge in [0.05, 0.1) is 23.6 Å². The van der Waals surface area contributed by atoms with Crippen molar-refractivity contribution in [3.05, 3.63) is 23.9 Å². The van der Waals surface area contributed by atoms with E-state index in [-0.39, 0.29) is 17.9 Å². The first-order valence-corrected chi connectivity index (χ1v) is 12.1. The highest BCUT2D eigenvalue weighted by atomic mass is 19.4. The zero-order valence-electron chi connectivity index (χ0n) is 19.3. The number of carboxylic acids is 1. The first kappa shape index (κ1) is 23.9. The molecule has 0 spiro atoms. The van der Waals surface area contributed by atoms with Gasteiger partial charge in [0.2, 0.25) is 0 Å². The fourth-order valence-electron chi connectivity index (χ4n) is 6.92. The summed E-state index contributed by atoms with van der Waals surface area (Å²) in [5.74, 6) is 1.41. The summed E-state index contributed by atoms with van der Waals surface area (Å²) < 4.78 is 38.4. The van der Waals surface area contributed by atoms with Crippen LogP contribution in [-0.2, 0) is 11.0 Å². The van der Waals surface area contributed by atoms with Crippen LogP contribution in [0, 0.1) is 34.6 Å². The minimum atomic E-state index is -4.40. The normalized spacial score (nSPS) is 33.0. The number of aliphatic imine (C=N–C) groups is 1. The number of carbonyl (C=O) groups is 1. The molecule has 4 aliphatic carbocycles. The lowest BCUT2D eigenvalue weighted by Crippen LogP contribution is -2.56. The third-order valence-corrected chi connectivity index (χ3v) is 8.33. The third-order valence-electron chi connectivity index (χ3n) is 8.33. The van der Waals surface area contributed by atoms with Gasteiger partial charge in [0.25, 0.3) is 0 Å². The van der Waals surface area contributed by atoms with Crippen molar-refractivity contribution in [2.75, 3.05) is 37.6 Å². The molecular formula is C24H29F3N6O2. The smallest absolute Gasteiger partial charge is 0.417 e. The van der Waals surface area contributed by atoms with E-state index in [0.29, 0.717) is 63.1 Å². The van der Waals surface area contributed by atoms with Crippen molar-refractivity contribution in [1.82, 2.24) is 15.2 Å². The van der Waals surface area contributed by atoms with Crippen molar-refractivity contribution in [2.45, 2.75) is 44.3 Å². The van der Waals surface area contributed by atoms with Crippen molar-refractivity contribution in [2.24, 2.45) is 28.2 Å². The van der Waals surface area contributed by atoms with Gasteiger partial charge in [0, 0.05) is 32.4 Å². The van der Waals surface area contributed by atoms with Crippen LogP contribution in [-0.4, -0.2) is 65.6 Å². The Morgan fingerprint density at radius 2 is 1.89 bits per heavy atom. The summed E-state index contributed by atoms with van der Waals surface area (Å²) in [4.78, 5) is 25.1. The second-order valence-electron chi connectivity index (χ2n) is 10.5. The number of aromatic nitrogens is 1. The number of nitrogens with zero attached hydrogens (tertiary/aromatic N) is 5. The molecule has 0 amide bonds. The van der Waals surface area contributed by atoms with Crippen LogP contribution in [0.3, 0.4) is 0 Å². The highest BCUT2D eigenvalue weighted by molar-refractivity contribution is 5.85. The number of halogens is 3. The van der Waals surface area contributed by atoms with Gasteiger partial charge in [-0.2, -0.15) is 18.4 Å². The number of alkyl halides is 3. The number of rotatable bonds is 5. The lowest BCUT2D eigenvalue weighted by molar-refractivity contribution is -0.166. The molecule has 0 radical (unpaired) electrons. The summed E-state index contributed by atoms with van der Waals surface area (Å²) in [6.45, 7) is 3.02. The highest BCUT2D eigenvalue weighted by Gasteiger charge is 2.58. The predicted molar refractivity (Wildman–Crippen MR) is 121 cm³/mol. The van der Waals surface area contributed by atoms with Crippen LogP contribution in [0.5, 0.6) is 0 Å². The zero-order chi connectivity index (χ0) is 24.8. The third kappa shape index (κ3) is 4.68. The maximum Gasteiger partial charge on any atom is 0.417 e. The molecule has 4 bridgehead atoms. The van der Waals surface area contributed by atoms with Gasteiger partial charge in [-0.1, -0.05) is 0 Å². The number of carboxylic acid groups (broad SMARTS) is 1. The van der Waals surface area contributed by atoms with E-state index in [0.717, 1.165) is 31.5 Å². The minimum absolute atomic E-state index is 0.0486. The van der Waals surface area contributed by atoms with E-state index < -0.39 is 23.1 Å². The van der Waals surface area contributed by atoms with Crippen molar-refractivity contribution >= 4 is 17.6 Å². The molecule has 1 saturated heterocycles. The van der Waals surface area contributed by atoms with Crippen LogP contribution in [0.25, 0.3) is 0 Å². The number of piperazine rings is 1. The van der Waals surface area contributed by atoms with Gasteiger partial charge < -0.3 is 10.0 Å². The van der Waals surface area contributed by atoms with Gasteiger partial charge in [-0.3, -0.25) is 20.0 Å². The van der Waals surface area contributed by atoms with Crippen LogP contribution < -0.4 is 10.2 Å². The van der Waals surface area contributed by atoms with Crippen LogP contribution in [0.1, 0.15) is 37.7 Å². The second kappa shape index (κ2) is 8.97. The number of pyridine rings is 1. The Kier molecular flexibility index (Phi) is 6.11. The van der Waals surface area contributed by atoms with E-state index in [1.165, 1.54) is 6.07 Å². The van der Waals surface area contributed by atoms with Gasteiger partial charge in [0.1, 0.15) is 11.7 Å². The summed E-state index contributed by atoms with van der Waals surface area (Å²) in [7, 11) is 0. The number of nitrogens with one attached hydrogen (secondary N) is 1. The molecule has 188 valence electrons. The molecule has 2 N–H and O–H groups in total. The van der Waals surface area contributed by atoms with Gasteiger partial charge >= 0.3 is 12.1 Å². The molecule has 5 aliphatic rings. The Morgan fingerprint density at radius 1 is 1.20 bits per heavy atom. The van der Waals surface area contributed by atoms with Gasteiger partial charge in [0.15, 0.2) is 6.19 Å². The molecule has 35 heavy (non-hydrogen) atoms. The molecule has 4 saturated carbocycles. The minimum Gasteiger partial charge on any atom is -0.481 e. The first-order valence-electron chi connectivity index (χ1n) is 12.1. The summed E-state index contributed by atoms with van der Waals surface area (Å²) in [5.41, 5.74) is -1.35. The Morgan fingerprint density at radius 3 is 2.43 bits per heavy atom. The zero-order valence-corrected chi connectivity index (χ0v) is 19.3. The molecule has 8 nitrogen and oxygen atoms in total. The van der Waals surface area contributed by atoms with Crippen LogP contribution in [0.4, 0.5) is 19.0 Å². The maximum atomic E-state index is 12.8. The number of hydrogen-bond acceptors (Lipinski definition) is 6. The highest BCUT2D eigenvalue weighted by Crippen LogP contribution is 2.60. The first-order chi connectivity index (χ1) is 16.7. The van der Waals surface area contributed by atoms with E-state index in [2.05, 4.69) is 15.2 Å². The van der Waals surface area contributed by atoms with Crippen LogP contribution >= 0.6 is 0 Å². The molecule has 11 heteroatoms. The Bertz CT molecular complexity index is 1010. The number of nitriles is 1. The molecule has 6 rings (SSSR count). The fourth-order valence-corrected chi connectivity index (χ4v) is 6.92. The lowest BCUT2D eigenvalue weighted by Gasteiger charge is -2.57. The Hall–Kier alpha value is -2.87. The molecule has 0 aromatic carbocycles. The second-order valence-corrected chi connectivity index (χ2v) is 10.5. The van der Waals surface area contributed by atoms with Crippen molar-refractivity contribution in [1.29, 1.82) is 5.26 Å². The molecule has 1 aromatic heterocycles. The topological polar surface area (TPSA) is 105 Å². The molecular weight excluding hydrogens is 461 g/mol. The van der Waals surface area contributed by atoms with E-state index in [9.17, 15) is 28.3 Å². The van der Waals surface area contributed by atoms with Crippen molar-refractivity contribution < 1.29 is 23.1 Å². The number of hydrogen-bond donors (Lipinski definition) is 2. The number of anilines is 1. The standard InChI is InChI=1S/C24H29F3N6O2/c25-24(26,27)18-1-2-20(29-12-18)33-5-3-32(4-6-33)13-19(30-14-28)31-21-16-7-15-8-17(21)11-23(9-15,10-16)22(34)35/h1-2,12,15-17,21H,3-11,13H2,(H,30,31)(H,34,35). The molecule has 1 aliphatic heterocycles. The van der Waals surface area contributed by atoms with Crippen molar-refractivity contribution in [3.8, 4) is 6.19 Å². The quantitative estimate of drug-likeness (QED) is 0.283. The Balaban J connectivity index is 1.21. The van der Waals surface area contributed by atoms with Crippen LogP contribution in [0.2, 0.25) is 0 Å². The lowest BCUT2D eigenvalue weighted by atomic mass is 9.48. The SMILES string of the molecule is N#CNC(CN1CCN(c2ccc(C(F)(F)F)cn2)CC1)=NC1C2CC3CC1CC(C(=O)O)(C3)C2. The van der Waals surface area contributed by atoms with Gasteiger partial charge in [-0.05, 0) is 62.0 Å². The summed E-state index contributed by atoms with van der Waals surface area (Å²) in [5, 5.41) is 21.9. The molecule has 2 heterocycles. The fraction of sp³-hybridized carbons (Fsp3) is 0.667. The average molecular weight is 491 g/mol. The van der Waals surface area contributed by atoms with E-state index in [1.807, 2.05) is 11.1 Å². The summed E-state index contributed by atoms with van der Waals surface area (Å²) in [6.07, 6.45) is 2.60. The summed E-state index contributed by atoms with van der Waals surface area (Å²) in [6, 6.07) is 2.50. The van der Waals surface area contributed by atoms with E-state index in [4.69, 9.17) is 4.99 Å². The van der Waals surface area contributed by atoms with Crippen LogP contribution in [0.15, 0.2) is 23.3 Å². The molecule has 2 unspecified atom stereocenters. The molecule has 2 atom stereocenters. The summed E-state index contributed by atoms with van der Waals surface area (Å²) >= 11 is 0. The number of aliphatic carboxylic acids is 1. The van der Waals surface area contributed by atoms with E-state index >= 15 is 0 Å². The molecule has 1 aromatic rings.